The first-order valence-electron chi connectivity index (χ1n) is 8.70. The van der Waals surface area contributed by atoms with Crippen molar-refractivity contribution >= 4 is 29.5 Å². The van der Waals surface area contributed by atoms with Crippen molar-refractivity contribution in [3.63, 3.8) is 0 Å². The molecule has 3 heterocycles. The first kappa shape index (κ1) is 25.5. The van der Waals surface area contributed by atoms with Crippen LogP contribution in [-0.2, 0) is 9.59 Å². The van der Waals surface area contributed by atoms with Gasteiger partial charge < -0.3 is 29.2 Å². The van der Waals surface area contributed by atoms with E-state index in [1.54, 1.807) is 20.8 Å². The van der Waals surface area contributed by atoms with Gasteiger partial charge in [-0.25, -0.2) is 0 Å². The third-order valence-electron chi connectivity index (χ3n) is 5.01. The second-order valence-corrected chi connectivity index (χ2v) is 9.06. The number of benzene rings is 1. The molecule has 2 aliphatic heterocycles. The maximum absolute atomic E-state index is 12.0. The summed E-state index contributed by atoms with van der Waals surface area (Å²) in [6, 6.07) is 6.93. The predicted molar refractivity (Wildman–Crippen MR) is 98.1 cm³/mol. The molecule has 30 heavy (non-hydrogen) atoms. The summed E-state index contributed by atoms with van der Waals surface area (Å²) in [6.45, 7) is 5.18. The van der Waals surface area contributed by atoms with E-state index in [-0.39, 0.29) is 65.0 Å². The predicted octanol–water partition coefficient (Wildman–Crippen LogP) is -6.19. The summed E-state index contributed by atoms with van der Waals surface area (Å²) in [5, 5.41) is 27.1. The fraction of sp³-hybridized carbons (Fsp3) is 0.368. The van der Waals surface area contributed by atoms with Gasteiger partial charge in [-0.2, -0.15) is 0 Å². The Labute approximate surface area is 222 Å². The standard InChI is InChI=1S/C19H19N3O5S.2Na/c1-9-11(12(21-27-9)10-7-5-4-6-8-10)15-20-13(17(23)24)16-22(15)14(18(25)26)19(2,3)28-16;;/h4-8,13-14,16H,1-3H3,(H,23,24)(H,25,26);;/q;2*+1/p-2. The van der Waals surface area contributed by atoms with Crippen molar-refractivity contribution in [3.8, 4) is 11.3 Å². The number of carboxylic acids is 2. The molecule has 1 aromatic carbocycles. The van der Waals surface area contributed by atoms with Crippen LogP contribution >= 0.6 is 11.8 Å². The Bertz CT molecular complexity index is 995. The molecule has 1 aromatic heterocycles. The molecular formula is C19H17N3Na2O5S. The van der Waals surface area contributed by atoms with Crippen LogP contribution in [0, 0.1) is 6.92 Å². The van der Waals surface area contributed by atoms with E-state index in [1.807, 2.05) is 30.3 Å². The van der Waals surface area contributed by atoms with E-state index in [1.165, 1.54) is 16.7 Å². The minimum Gasteiger partial charge on any atom is -0.548 e. The van der Waals surface area contributed by atoms with Gasteiger partial charge >= 0.3 is 59.1 Å². The zero-order chi connectivity index (χ0) is 20.2. The molecule has 0 amide bonds. The SMILES string of the molecule is Cc1onc(-c2ccccc2)c1C1=NC(C(=O)[O-])C2SC(C)(C)C(C(=O)[O-])N12.[Na+].[Na+]. The molecule has 4 rings (SSSR count). The van der Waals surface area contributed by atoms with Crippen LogP contribution in [0.5, 0.6) is 0 Å². The van der Waals surface area contributed by atoms with E-state index in [4.69, 9.17) is 4.52 Å². The summed E-state index contributed by atoms with van der Waals surface area (Å²) in [7, 11) is 0. The van der Waals surface area contributed by atoms with E-state index in [0.717, 1.165) is 5.56 Å². The Kier molecular flexibility index (Phi) is 7.94. The first-order chi connectivity index (χ1) is 13.2. The van der Waals surface area contributed by atoms with Crippen molar-refractivity contribution in [2.75, 3.05) is 0 Å². The zero-order valence-electron chi connectivity index (χ0n) is 17.4. The molecule has 2 aromatic rings. The average Bonchev–Trinajstić information content (AvgIpc) is 3.24. The van der Waals surface area contributed by atoms with E-state index in [9.17, 15) is 19.8 Å². The number of thioether (sulfide) groups is 1. The quantitative estimate of drug-likeness (QED) is 0.426. The van der Waals surface area contributed by atoms with Crippen molar-refractivity contribution in [2.45, 2.75) is 43.0 Å². The number of aliphatic imine (C=N–C) groups is 1. The topological polar surface area (TPSA) is 122 Å². The third kappa shape index (κ3) is 4.13. The Morgan fingerprint density at radius 1 is 1.13 bits per heavy atom. The maximum Gasteiger partial charge on any atom is 1.00 e. The fourth-order valence-corrected chi connectivity index (χ4v) is 5.42. The number of amidine groups is 1. The van der Waals surface area contributed by atoms with Crippen LogP contribution < -0.4 is 69.3 Å². The fourth-order valence-electron chi connectivity index (χ4n) is 3.82. The van der Waals surface area contributed by atoms with Crippen LogP contribution in [-0.4, -0.2) is 50.0 Å². The van der Waals surface area contributed by atoms with E-state index in [0.29, 0.717) is 17.0 Å². The van der Waals surface area contributed by atoms with Crippen molar-refractivity contribution < 1.29 is 83.4 Å². The minimum absolute atomic E-state index is 0. The smallest absolute Gasteiger partial charge is 0.548 e. The number of carboxylic acid groups (broad SMARTS) is 2. The molecule has 1 saturated heterocycles. The number of rotatable bonds is 4. The Morgan fingerprint density at radius 3 is 2.33 bits per heavy atom. The van der Waals surface area contributed by atoms with Gasteiger partial charge in [0.25, 0.3) is 0 Å². The molecule has 0 saturated carbocycles. The maximum atomic E-state index is 12.0. The average molecular weight is 445 g/mol. The van der Waals surface area contributed by atoms with Crippen LogP contribution in [0.3, 0.4) is 0 Å². The van der Waals surface area contributed by atoms with E-state index in [2.05, 4.69) is 10.1 Å². The number of hydrogen-bond donors (Lipinski definition) is 0. The number of aromatic nitrogens is 1. The zero-order valence-corrected chi connectivity index (χ0v) is 22.2. The van der Waals surface area contributed by atoms with Crippen molar-refractivity contribution in [3.05, 3.63) is 41.7 Å². The second-order valence-electron chi connectivity index (χ2n) is 7.29. The summed E-state index contributed by atoms with van der Waals surface area (Å²) >= 11 is 1.24. The number of fused-ring (bicyclic) bond motifs is 1. The molecule has 0 radical (unpaired) electrons. The van der Waals surface area contributed by atoms with Crippen LogP contribution in [0.2, 0.25) is 0 Å². The minimum atomic E-state index is -1.36. The van der Waals surface area contributed by atoms with Crippen LogP contribution in [0.25, 0.3) is 11.3 Å². The van der Waals surface area contributed by atoms with Crippen LogP contribution in [0.4, 0.5) is 0 Å². The van der Waals surface area contributed by atoms with Crippen LogP contribution in [0.15, 0.2) is 39.8 Å². The van der Waals surface area contributed by atoms with Gasteiger partial charge in [-0.3, -0.25) is 4.99 Å². The molecule has 3 atom stereocenters. The molecule has 3 unspecified atom stereocenters. The van der Waals surface area contributed by atoms with Gasteiger partial charge in [0.2, 0.25) is 0 Å². The number of aliphatic carboxylic acids is 2. The summed E-state index contributed by atoms with van der Waals surface area (Å²) in [4.78, 5) is 29.5. The van der Waals surface area contributed by atoms with E-state index < -0.39 is 34.1 Å². The molecular weight excluding hydrogens is 428 g/mol. The molecule has 0 aliphatic carbocycles. The van der Waals surface area contributed by atoms with Gasteiger partial charge in [-0.1, -0.05) is 35.5 Å². The Morgan fingerprint density at radius 2 is 1.77 bits per heavy atom. The van der Waals surface area contributed by atoms with Crippen molar-refractivity contribution in [1.82, 2.24) is 10.1 Å². The number of aryl methyl sites for hydroxylation is 1. The first-order valence-corrected chi connectivity index (χ1v) is 9.58. The normalized spacial score (nSPS) is 23.8. The van der Waals surface area contributed by atoms with Crippen LogP contribution in [0.1, 0.15) is 25.2 Å². The van der Waals surface area contributed by atoms with Crippen molar-refractivity contribution in [1.29, 1.82) is 0 Å². The monoisotopic (exact) mass is 445 g/mol. The molecule has 0 bridgehead atoms. The molecule has 0 N–H and O–H groups in total. The van der Waals surface area contributed by atoms with Gasteiger partial charge in [0.15, 0.2) is 0 Å². The van der Waals surface area contributed by atoms with Gasteiger partial charge in [-0.05, 0) is 20.8 Å². The summed E-state index contributed by atoms with van der Waals surface area (Å²) in [5.41, 5.74) is 1.70. The molecule has 0 spiro atoms. The number of carbonyl (C=O) groups excluding carboxylic acids is 2. The Balaban J connectivity index is 0.00000160. The summed E-state index contributed by atoms with van der Waals surface area (Å²) in [6.07, 6.45) is 0. The third-order valence-corrected chi connectivity index (χ3v) is 6.57. The molecule has 8 nitrogen and oxygen atoms in total. The largest absolute Gasteiger partial charge is 1.00 e. The Hall–Kier alpha value is -0.810. The van der Waals surface area contributed by atoms with Gasteiger partial charge in [0.05, 0.1) is 23.5 Å². The van der Waals surface area contributed by atoms with Gasteiger partial charge in [0.1, 0.15) is 28.7 Å². The molecule has 146 valence electrons. The molecule has 2 aliphatic rings. The molecule has 11 heteroatoms. The number of hydrogen-bond acceptors (Lipinski definition) is 9. The van der Waals surface area contributed by atoms with Gasteiger partial charge in [-0.15, -0.1) is 11.8 Å². The van der Waals surface area contributed by atoms with E-state index >= 15 is 0 Å². The summed E-state index contributed by atoms with van der Waals surface area (Å²) in [5.74, 6) is -2.00. The number of nitrogens with zero attached hydrogens (tertiary/aromatic N) is 3. The molecule has 1 fully saturated rings. The van der Waals surface area contributed by atoms with Crippen molar-refractivity contribution in [2.24, 2.45) is 4.99 Å². The summed E-state index contributed by atoms with van der Waals surface area (Å²) < 4.78 is 4.58. The number of carbonyl (C=O) groups is 2. The second kappa shape index (κ2) is 9.36. The van der Waals surface area contributed by atoms with Gasteiger partial charge in [0, 0.05) is 10.3 Å².